The van der Waals surface area contributed by atoms with E-state index in [2.05, 4.69) is 118 Å². The lowest BCUT2D eigenvalue weighted by Crippen LogP contribution is -2.50. The fourth-order valence-corrected chi connectivity index (χ4v) is 6.59. The van der Waals surface area contributed by atoms with Crippen molar-refractivity contribution >= 4 is 11.8 Å². The fraction of sp³-hybridized carbons (Fsp3) is 0.692. The maximum atomic E-state index is 2.56. The molecule has 0 aromatic rings. The summed E-state index contributed by atoms with van der Waals surface area (Å²) in [6, 6.07) is 0. The van der Waals surface area contributed by atoms with Gasteiger partial charge in [0.1, 0.15) is 0 Å². The topological polar surface area (TPSA) is 0 Å². The predicted molar refractivity (Wildman–Crippen MR) is 125 cm³/mol. The first-order valence-electron chi connectivity index (χ1n) is 10.5. The predicted octanol–water partition coefficient (Wildman–Crippen LogP) is 8.52. The normalized spacial score (nSPS) is 24.6. The molecule has 0 saturated heterocycles. The van der Waals surface area contributed by atoms with Crippen molar-refractivity contribution in [3.8, 4) is 0 Å². The van der Waals surface area contributed by atoms with Gasteiger partial charge in [-0.3, -0.25) is 0 Å². The van der Waals surface area contributed by atoms with Crippen molar-refractivity contribution in [3.63, 3.8) is 0 Å². The van der Waals surface area contributed by atoms with Crippen molar-refractivity contribution in [2.24, 2.45) is 16.2 Å². The molecule has 0 fully saturated rings. The van der Waals surface area contributed by atoms with Gasteiger partial charge in [-0.05, 0) is 40.4 Å². The van der Waals surface area contributed by atoms with Gasteiger partial charge >= 0.3 is 0 Å². The molecule has 0 amide bonds. The summed E-state index contributed by atoms with van der Waals surface area (Å²) in [5, 5.41) is 0. The van der Waals surface area contributed by atoms with Gasteiger partial charge in [-0.2, -0.15) is 0 Å². The Hall–Kier alpha value is -0.690. The summed E-state index contributed by atoms with van der Waals surface area (Å²) >= 11 is 2.18. The van der Waals surface area contributed by atoms with E-state index >= 15 is 0 Å². The Morgan fingerprint density at radius 1 is 0.778 bits per heavy atom. The fourth-order valence-electron chi connectivity index (χ4n) is 4.53. The van der Waals surface area contributed by atoms with E-state index < -0.39 is 0 Å². The molecule has 1 atom stereocenters. The van der Waals surface area contributed by atoms with E-state index in [0.29, 0.717) is 0 Å². The molecule has 0 aromatic carbocycles. The first-order chi connectivity index (χ1) is 12.0. The van der Waals surface area contributed by atoms with Crippen LogP contribution in [0.5, 0.6) is 0 Å². The maximum Gasteiger partial charge on any atom is 0.0507 e. The minimum absolute atomic E-state index is 0.0543. The summed E-state index contributed by atoms with van der Waals surface area (Å²) in [7, 11) is 0. The second kappa shape index (κ2) is 6.97. The van der Waals surface area contributed by atoms with Gasteiger partial charge in [0.25, 0.3) is 0 Å². The molecule has 2 rings (SSSR count). The van der Waals surface area contributed by atoms with Crippen molar-refractivity contribution in [1.82, 2.24) is 0 Å². The molecule has 0 spiro atoms. The minimum atomic E-state index is 0.0543. The second-order valence-electron chi connectivity index (χ2n) is 11.9. The third-order valence-electron chi connectivity index (χ3n) is 6.00. The van der Waals surface area contributed by atoms with E-state index in [0.717, 1.165) is 12.8 Å². The van der Waals surface area contributed by atoms with Crippen LogP contribution in [0.2, 0.25) is 0 Å². The van der Waals surface area contributed by atoms with Crippen LogP contribution in [0.4, 0.5) is 0 Å². The van der Waals surface area contributed by atoms with Crippen LogP contribution >= 0.6 is 11.8 Å². The van der Waals surface area contributed by atoms with E-state index in [1.807, 2.05) is 0 Å². The number of hydrogen-bond acceptors (Lipinski definition) is 1. The SMILES string of the molecule is CC(C)(C)SC1(C(C)(C)C2=CCC=C2)CC=C(C(C)(C)C)C=C1C(C)(C)C. The van der Waals surface area contributed by atoms with Crippen LogP contribution in [0.3, 0.4) is 0 Å². The minimum Gasteiger partial charge on any atom is -0.143 e. The zero-order valence-corrected chi connectivity index (χ0v) is 20.5. The first-order valence-corrected chi connectivity index (χ1v) is 11.3. The smallest absolute Gasteiger partial charge is 0.0507 e. The molecule has 0 N–H and O–H groups in total. The van der Waals surface area contributed by atoms with E-state index in [-0.39, 0.29) is 25.7 Å². The van der Waals surface area contributed by atoms with E-state index in [1.54, 1.807) is 5.57 Å². The standard InChI is InChI=1S/C26H42S/c1-22(2,3)20-16-17-26(27-24(7,8)9,21(18-20)23(4,5)6)25(10,11)19-14-12-13-15-19/h12,14-16,18H,13,17H2,1-11H3. The van der Waals surface area contributed by atoms with Crippen molar-refractivity contribution in [3.05, 3.63) is 47.1 Å². The highest BCUT2D eigenvalue weighted by Crippen LogP contribution is 2.63. The molecule has 0 aromatic heterocycles. The first kappa shape index (κ1) is 22.6. The van der Waals surface area contributed by atoms with Crippen molar-refractivity contribution in [1.29, 1.82) is 0 Å². The summed E-state index contributed by atoms with van der Waals surface area (Å²) in [5.41, 5.74) is 4.98. The molecule has 0 nitrogen and oxygen atoms in total. The van der Waals surface area contributed by atoms with Crippen LogP contribution in [-0.4, -0.2) is 9.49 Å². The highest BCUT2D eigenvalue weighted by molar-refractivity contribution is 8.02. The van der Waals surface area contributed by atoms with Crippen LogP contribution in [0, 0.1) is 16.2 Å². The molecule has 2 aliphatic rings. The van der Waals surface area contributed by atoms with Gasteiger partial charge in [0.2, 0.25) is 0 Å². The van der Waals surface area contributed by atoms with Crippen molar-refractivity contribution < 1.29 is 0 Å². The van der Waals surface area contributed by atoms with Crippen LogP contribution in [0.15, 0.2) is 47.1 Å². The largest absolute Gasteiger partial charge is 0.143 e. The quantitative estimate of drug-likeness (QED) is 0.468. The Bertz CT molecular complexity index is 690. The van der Waals surface area contributed by atoms with Gasteiger partial charge in [0.05, 0.1) is 4.75 Å². The van der Waals surface area contributed by atoms with E-state index in [1.165, 1.54) is 11.1 Å². The number of hydrogen-bond donors (Lipinski definition) is 0. The second-order valence-corrected chi connectivity index (χ2v) is 14.0. The van der Waals surface area contributed by atoms with Crippen LogP contribution in [-0.2, 0) is 0 Å². The summed E-state index contributed by atoms with van der Waals surface area (Å²) in [5.74, 6) is 0. The molecule has 0 aliphatic heterocycles. The Balaban J connectivity index is 2.74. The molecule has 0 radical (unpaired) electrons. The molecule has 27 heavy (non-hydrogen) atoms. The molecule has 0 bridgehead atoms. The van der Waals surface area contributed by atoms with Crippen molar-refractivity contribution in [2.45, 2.75) is 98.5 Å². The van der Waals surface area contributed by atoms with Gasteiger partial charge in [0.15, 0.2) is 0 Å². The van der Waals surface area contributed by atoms with Gasteiger partial charge in [0, 0.05) is 10.2 Å². The zero-order chi connectivity index (χ0) is 20.9. The van der Waals surface area contributed by atoms with E-state index in [4.69, 9.17) is 0 Å². The third-order valence-corrected chi connectivity index (χ3v) is 7.86. The lowest BCUT2D eigenvalue weighted by atomic mass is 9.59. The van der Waals surface area contributed by atoms with Gasteiger partial charge in [-0.25, -0.2) is 0 Å². The average molecular weight is 387 g/mol. The van der Waals surface area contributed by atoms with Crippen LogP contribution < -0.4 is 0 Å². The highest BCUT2D eigenvalue weighted by atomic mass is 32.2. The number of allylic oxidation sites excluding steroid dienone is 7. The molecule has 2 aliphatic carbocycles. The lowest BCUT2D eigenvalue weighted by Gasteiger charge is -2.56. The number of thioether (sulfide) groups is 1. The summed E-state index contributed by atoms with van der Waals surface area (Å²) in [6.07, 6.45) is 14.4. The van der Waals surface area contributed by atoms with Gasteiger partial charge in [-0.1, -0.05) is 107 Å². The maximum absolute atomic E-state index is 2.56. The lowest BCUT2D eigenvalue weighted by molar-refractivity contribution is 0.295. The van der Waals surface area contributed by atoms with E-state index in [9.17, 15) is 0 Å². The Morgan fingerprint density at radius 2 is 1.37 bits per heavy atom. The number of rotatable bonds is 3. The molecule has 0 heterocycles. The summed E-state index contributed by atoms with van der Waals surface area (Å²) in [6.45, 7) is 26.3. The van der Waals surface area contributed by atoms with Gasteiger partial charge in [-0.15, -0.1) is 11.8 Å². The zero-order valence-electron chi connectivity index (χ0n) is 19.7. The molecule has 1 heteroatoms. The Kier molecular flexibility index (Phi) is 5.84. The summed E-state index contributed by atoms with van der Waals surface area (Å²) in [4.78, 5) is 0. The monoisotopic (exact) mass is 386 g/mol. The summed E-state index contributed by atoms with van der Waals surface area (Å²) < 4.78 is 0.246. The van der Waals surface area contributed by atoms with Gasteiger partial charge < -0.3 is 0 Å². The Morgan fingerprint density at radius 3 is 1.78 bits per heavy atom. The highest BCUT2D eigenvalue weighted by Gasteiger charge is 2.54. The molecule has 152 valence electrons. The van der Waals surface area contributed by atoms with Crippen LogP contribution in [0.25, 0.3) is 0 Å². The molecule has 0 saturated carbocycles. The Labute approximate surface area is 173 Å². The van der Waals surface area contributed by atoms with Crippen LogP contribution in [0.1, 0.15) is 89.0 Å². The third kappa shape index (κ3) is 4.50. The average Bonchev–Trinajstić information content (AvgIpc) is 2.97. The molecular formula is C26H42S. The molecule has 1 unspecified atom stereocenters. The molecular weight excluding hydrogens is 344 g/mol. The van der Waals surface area contributed by atoms with Crippen molar-refractivity contribution in [2.75, 3.05) is 0 Å².